The molecule has 3 fully saturated rings. The number of para-hydroxylation sites is 1. The molecule has 0 unspecified atom stereocenters. The molecule has 8 atom stereocenters. The molecule has 0 N–H and O–H groups in total. The van der Waals surface area contributed by atoms with Crippen molar-refractivity contribution in [3.8, 4) is 6.08 Å². The Labute approximate surface area is 235 Å². The fourth-order valence-electron chi connectivity index (χ4n) is 9.94. The summed E-state index contributed by atoms with van der Waals surface area (Å²) >= 11 is 0. The molecule has 6 rings (SSSR count). The molecule has 2 aromatic rings. The predicted octanol–water partition coefficient (Wildman–Crippen LogP) is 8.98. The highest BCUT2D eigenvalue weighted by atomic mass is 16.6. The van der Waals surface area contributed by atoms with Crippen molar-refractivity contribution in [2.24, 2.45) is 46.3 Å². The molecule has 0 spiro atoms. The van der Waals surface area contributed by atoms with Crippen LogP contribution < -0.4 is 10.4 Å². The maximum absolute atomic E-state index is 12.4. The Morgan fingerprint density at radius 3 is 2.67 bits per heavy atom. The van der Waals surface area contributed by atoms with Crippen LogP contribution in [0, 0.1) is 46.3 Å². The maximum atomic E-state index is 12.4. The van der Waals surface area contributed by atoms with Crippen LogP contribution in [0.5, 0.6) is 6.08 Å². The van der Waals surface area contributed by atoms with Gasteiger partial charge in [0.25, 0.3) is 0 Å². The molecule has 1 aromatic heterocycles. The van der Waals surface area contributed by atoms with Gasteiger partial charge in [0.2, 0.25) is 0 Å². The molecule has 0 saturated heterocycles. The number of allylic oxidation sites excluding steroid dienone is 1. The number of hydrogen-bond donors (Lipinski definition) is 0. The van der Waals surface area contributed by atoms with Gasteiger partial charge in [0.15, 0.2) is 0 Å². The summed E-state index contributed by atoms with van der Waals surface area (Å²) in [6, 6.07) is 7.32. The Balaban J connectivity index is 1.15. The molecule has 0 aliphatic heterocycles. The summed E-state index contributed by atoms with van der Waals surface area (Å²) < 4.78 is 11.7. The Hall–Kier alpha value is -2.10. The Morgan fingerprint density at radius 2 is 1.85 bits per heavy atom. The van der Waals surface area contributed by atoms with Crippen molar-refractivity contribution in [2.75, 3.05) is 0 Å². The topological polar surface area (TPSA) is 52.3 Å². The number of aromatic nitrogens is 1. The maximum Gasteiger partial charge on any atom is 0.397 e. The van der Waals surface area contributed by atoms with Crippen molar-refractivity contribution in [3.05, 3.63) is 46.3 Å². The van der Waals surface area contributed by atoms with Crippen LogP contribution in [0.4, 0.5) is 0 Å². The van der Waals surface area contributed by atoms with Gasteiger partial charge in [0, 0.05) is 6.42 Å². The van der Waals surface area contributed by atoms with E-state index in [2.05, 4.69) is 45.7 Å². The third-order valence-electron chi connectivity index (χ3n) is 12.0. The number of fused-ring (bicyclic) bond motifs is 6. The van der Waals surface area contributed by atoms with Crippen molar-refractivity contribution in [1.29, 1.82) is 0 Å². The average molecular weight is 532 g/mol. The van der Waals surface area contributed by atoms with E-state index in [9.17, 15) is 4.79 Å². The van der Waals surface area contributed by atoms with E-state index in [0.29, 0.717) is 16.3 Å². The third-order valence-corrected chi connectivity index (χ3v) is 12.0. The van der Waals surface area contributed by atoms with Gasteiger partial charge in [-0.1, -0.05) is 77.7 Å². The molecular weight excluding hydrogens is 482 g/mol. The van der Waals surface area contributed by atoms with Crippen LogP contribution in [0.25, 0.3) is 10.9 Å². The van der Waals surface area contributed by atoms with Gasteiger partial charge in [0.1, 0.15) is 6.10 Å². The summed E-state index contributed by atoms with van der Waals surface area (Å²) in [5, 5.41) is 0.505. The molecule has 39 heavy (non-hydrogen) atoms. The minimum absolute atomic E-state index is 0.0223. The molecule has 4 aliphatic carbocycles. The summed E-state index contributed by atoms with van der Waals surface area (Å²) in [7, 11) is 0. The molecule has 0 radical (unpaired) electrons. The first-order valence-electron chi connectivity index (χ1n) is 15.9. The van der Waals surface area contributed by atoms with Gasteiger partial charge >= 0.3 is 11.7 Å². The molecule has 3 saturated carbocycles. The van der Waals surface area contributed by atoms with Crippen molar-refractivity contribution in [1.82, 2.24) is 4.98 Å². The Morgan fingerprint density at radius 1 is 1.03 bits per heavy atom. The van der Waals surface area contributed by atoms with Crippen LogP contribution >= 0.6 is 0 Å². The smallest absolute Gasteiger partial charge is 0.397 e. The largest absolute Gasteiger partial charge is 0.446 e. The number of hydrogen-bond acceptors (Lipinski definition) is 4. The highest BCUT2D eigenvalue weighted by Crippen LogP contribution is 2.67. The van der Waals surface area contributed by atoms with E-state index < -0.39 is 0 Å². The molecule has 0 bridgehead atoms. The lowest BCUT2D eigenvalue weighted by atomic mass is 9.47. The zero-order chi connectivity index (χ0) is 27.4. The van der Waals surface area contributed by atoms with Crippen molar-refractivity contribution >= 4 is 10.9 Å². The second-order valence-electron chi connectivity index (χ2n) is 14.6. The van der Waals surface area contributed by atoms with E-state index in [4.69, 9.17) is 9.15 Å². The first-order chi connectivity index (χ1) is 18.7. The molecule has 212 valence electrons. The van der Waals surface area contributed by atoms with E-state index >= 15 is 0 Å². The SMILES string of the molecule is CC(C)CCC[C@@H](C)[C@H]1CC[C@H]2[C@@H]3CC=C4C[C@@H](Oc5nc6ccccc6c(=O)o5)CC[C@]4(C)[C@H]3CC[C@]12C. The highest BCUT2D eigenvalue weighted by Gasteiger charge is 2.59. The van der Waals surface area contributed by atoms with Gasteiger partial charge in [-0.3, -0.25) is 0 Å². The van der Waals surface area contributed by atoms with E-state index in [1.807, 2.05) is 18.2 Å². The molecular formula is C35H49NO3. The average Bonchev–Trinajstić information content (AvgIpc) is 3.26. The molecule has 1 heterocycles. The van der Waals surface area contributed by atoms with E-state index in [0.717, 1.165) is 54.8 Å². The highest BCUT2D eigenvalue weighted by molar-refractivity contribution is 5.76. The van der Waals surface area contributed by atoms with Crippen molar-refractivity contribution in [2.45, 2.75) is 111 Å². The van der Waals surface area contributed by atoms with Crippen LogP contribution in [0.3, 0.4) is 0 Å². The predicted molar refractivity (Wildman–Crippen MR) is 158 cm³/mol. The van der Waals surface area contributed by atoms with E-state index in [1.54, 1.807) is 11.6 Å². The summed E-state index contributed by atoms with van der Waals surface area (Å²) in [5.74, 6) is 5.10. The summed E-state index contributed by atoms with van der Waals surface area (Å²) in [6.07, 6.45) is 16.9. The normalized spacial score (nSPS) is 36.7. The zero-order valence-electron chi connectivity index (χ0n) is 24.9. The second kappa shape index (κ2) is 10.4. The van der Waals surface area contributed by atoms with Crippen LogP contribution in [0.15, 0.2) is 45.1 Å². The lowest BCUT2D eigenvalue weighted by molar-refractivity contribution is -0.0571. The van der Waals surface area contributed by atoms with Crippen molar-refractivity contribution in [3.63, 3.8) is 0 Å². The van der Waals surface area contributed by atoms with Crippen LogP contribution in [0.1, 0.15) is 105 Å². The number of rotatable bonds is 7. The minimum Gasteiger partial charge on any atom is -0.446 e. The third kappa shape index (κ3) is 4.78. The van der Waals surface area contributed by atoms with E-state index in [-0.39, 0.29) is 23.2 Å². The minimum atomic E-state index is -0.370. The van der Waals surface area contributed by atoms with Crippen LogP contribution in [0.2, 0.25) is 0 Å². The fraction of sp³-hybridized carbons (Fsp3) is 0.714. The van der Waals surface area contributed by atoms with Gasteiger partial charge in [-0.25, -0.2) is 4.79 Å². The molecule has 4 heteroatoms. The first-order valence-corrected chi connectivity index (χ1v) is 15.9. The number of ether oxygens (including phenoxy) is 1. The lowest BCUT2D eigenvalue weighted by Crippen LogP contribution is -2.51. The monoisotopic (exact) mass is 531 g/mol. The van der Waals surface area contributed by atoms with Gasteiger partial charge in [-0.05, 0) is 103 Å². The Kier molecular flexibility index (Phi) is 7.21. The van der Waals surface area contributed by atoms with Gasteiger partial charge in [0.05, 0.1) is 10.9 Å². The first kappa shape index (κ1) is 27.1. The zero-order valence-corrected chi connectivity index (χ0v) is 24.9. The van der Waals surface area contributed by atoms with Gasteiger partial charge in [-0.15, -0.1) is 0 Å². The summed E-state index contributed by atoms with van der Waals surface area (Å²) in [4.78, 5) is 16.9. The van der Waals surface area contributed by atoms with E-state index in [1.165, 1.54) is 51.4 Å². The standard InChI is InChI=1S/C35H49NO3/c1-22(2)9-8-10-23(3)28-15-16-29-26-14-13-24-21-25(17-19-34(24,4)30(26)18-20-35(28,29)5)38-33-36-31-12-7-6-11-27(31)32(37)39-33/h6-7,11-13,22-23,25-26,28-30H,8-10,14-21H2,1-5H3/t23-,25+,26+,28-,29+,30+,34+,35-/m1/s1. The molecule has 4 aliphatic rings. The number of benzene rings is 1. The van der Waals surface area contributed by atoms with Gasteiger partial charge in [-0.2, -0.15) is 4.98 Å². The Bertz CT molecular complexity index is 1280. The molecule has 1 aromatic carbocycles. The second-order valence-corrected chi connectivity index (χ2v) is 14.6. The quantitative estimate of drug-likeness (QED) is 0.335. The number of nitrogens with zero attached hydrogens (tertiary/aromatic N) is 1. The summed E-state index contributed by atoms with van der Waals surface area (Å²) in [6.45, 7) is 12.5. The van der Waals surface area contributed by atoms with Crippen LogP contribution in [-0.4, -0.2) is 11.1 Å². The molecule has 4 nitrogen and oxygen atoms in total. The van der Waals surface area contributed by atoms with Crippen LogP contribution in [-0.2, 0) is 0 Å². The lowest BCUT2D eigenvalue weighted by Gasteiger charge is -2.58. The van der Waals surface area contributed by atoms with Crippen molar-refractivity contribution < 1.29 is 9.15 Å². The van der Waals surface area contributed by atoms with Gasteiger partial charge < -0.3 is 9.15 Å². The fourth-order valence-corrected chi connectivity index (χ4v) is 9.94. The summed E-state index contributed by atoms with van der Waals surface area (Å²) in [5.41, 5.74) is 2.66. The molecule has 0 amide bonds.